The molecule has 4 rings (SSSR count). The minimum atomic E-state index is -4.46. The summed E-state index contributed by atoms with van der Waals surface area (Å²) in [7, 11) is 0. The van der Waals surface area contributed by atoms with Gasteiger partial charge in [0.25, 0.3) is 5.56 Å². The molecule has 6 nitrogen and oxygen atoms in total. The van der Waals surface area contributed by atoms with Gasteiger partial charge in [-0.15, -0.1) is 11.3 Å². The maximum Gasteiger partial charge on any atom is 0.416 e. The third-order valence-electron chi connectivity index (χ3n) is 3.66. The molecule has 0 saturated carbocycles. The summed E-state index contributed by atoms with van der Waals surface area (Å²) in [4.78, 5) is 20.6. The van der Waals surface area contributed by atoms with E-state index in [0.29, 0.717) is 10.2 Å². The Bertz CT molecular complexity index is 1150. The van der Waals surface area contributed by atoms with E-state index in [1.807, 2.05) is 0 Å². The van der Waals surface area contributed by atoms with Crippen molar-refractivity contribution in [1.82, 2.24) is 19.7 Å². The van der Waals surface area contributed by atoms with E-state index in [9.17, 15) is 18.0 Å². The van der Waals surface area contributed by atoms with E-state index in [0.717, 1.165) is 12.1 Å². The summed E-state index contributed by atoms with van der Waals surface area (Å²) in [5, 5.41) is 5.47. The highest BCUT2D eigenvalue weighted by Crippen LogP contribution is 2.31. The smallest absolute Gasteiger partial charge is 0.337 e. The molecule has 0 atom stereocenters. The fourth-order valence-corrected chi connectivity index (χ4v) is 3.20. The highest BCUT2D eigenvalue weighted by atomic mass is 32.1. The molecule has 0 fully saturated rings. The van der Waals surface area contributed by atoms with Gasteiger partial charge in [0, 0.05) is 5.56 Å². The minimum absolute atomic E-state index is 0.0179. The Hall–Kier alpha value is -3.01. The van der Waals surface area contributed by atoms with Crippen LogP contribution < -0.4 is 5.56 Å². The van der Waals surface area contributed by atoms with Crippen molar-refractivity contribution in [3.63, 3.8) is 0 Å². The zero-order valence-electron chi connectivity index (χ0n) is 12.9. The molecule has 0 N–H and O–H groups in total. The molecule has 1 aromatic carbocycles. The van der Waals surface area contributed by atoms with Crippen molar-refractivity contribution in [3.05, 3.63) is 63.8 Å². The molecule has 3 aromatic heterocycles. The van der Waals surface area contributed by atoms with Gasteiger partial charge in [0.1, 0.15) is 11.2 Å². The normalized spacial score (nSPS) is 12.0. The van der Waals surface area contributed by atoms with Gasteiger partial charge < -0.3 is 4.52 Å². The fraction of sp³-hybridized carbons (Fsp3) is 0.125. The molecule has 132 valence electrons. The van der Waals surface area contributed by atoms with Crippen molar-refractivity contribution in [3.8, 4) is 11.4 Å². The topological polar surface area (TPSA) is 73.8 Å². The summed E-state index contributed by atoms with van der Waals surface area (Å²) in [6, 6.07) is 6.37. The van der Waals surface area contributed by atoms with Crippen LogP contribution in [0.4, 0.5) is 13.2 Å². The highest BCUT2D eigenvalue weighted by molar-refractivity contribution is 7.17. The van der Waals surface area contributed by atoms with Crippen molar-refractivity contribution in [2.45, 2.75) is 12.7 Å². The predicted molar refractivity (Wildman–Crippen MR) is 87.7 cm³/mol. The third kappa shape index (κ3) is 2.99. The number of thiophene rings is 1. The third-order valence-corrected chi connectivity index (χ3v) is 4.55. The number of hydrogen-bond acceptors (Lipinski definition) is 6. The quantitative estimate of drug-likeness (QED) is 0.545. The summed E-state index contributed by atoms with van der Waals surface area (Å²) in [5.41, 5.74) is -0.269. The summed E-state index contributed by atoms with van der Waals surface area (Å²) >= 11 is 1.28. The molecule has 0 radical (unpaired) electrons. The van der Waals surface area contributed by atoms with Gasteiger partial charge in [-0.3, -0.25) is 9.36 Å². The van der Waals surface area contributed by atoms with Gasteiger partial charge in [-0.2, -0.15) is 18.2 Å². The van der Waals surface area contributed by atoms with Crippen LogP contribution in [0.3, 0.4) is 0 Å². The van der Waals surface area contributed by atoms with Crippen LogP contribution >= 0.6 is 11.3 Å². The van der Waals surface area contributed by atoms with Crippen molar-refractivity contribution in [1.29, 1.82) is 0 Å². The van der Waals surface area contributed by atoms with Crippen LogP contribution in [0.15, 0.2) is 51.4 Å². The lowest BCUT2D eigenvalue weighted by molar-refractivity contribution is -0.137. The van der Waals surface area contributed by atoms with Gasteiger partial charge in [0.15, 0.2) is 0 Å². The van der Waals surface area contributed by atoms with Gasteiger partial charge in [-0.25, -0.2) is 4.98 Å². The maximum atomic E-state index is 12.8. The van der Waals surface area contributed by atoms with E-state index in [4.69, 9.17) is 4.52 Å². The van der Waals surface area contributed by atoms with Crippen LogP contribution in [-0.4, -0.2) is 19.7 Å². The Morgan fingerprint density at radius 2 is 2.08 bits per heavy atom. The molecular formula is C16H9F3N4O2S. The maximum absolute atomic E-state index is 12.8. The Morgan fingerprint density at radius 3 is 2.88 bits per heavy atom. The Balaban J connectivity index is 1.64. The monoisotopic (exact) mass is 378 g/mol. The Labute approximate surface area is 147 Å². The van der Waals surface area contributed by atoms with Gasteiger partial charge in [-0.1, -0.05) is 17.3 Å². The molecular weight excluding hydrogens is 369 g/mol. The van der Waals surface area contributed by atoms with Gasteiger partial charge in [-0.05, 0) is 23.6 Å². The summed E-state index contributed by atoms with van der Waals surface area (Å²) < 4.78 is 45.3. The largest absolute Gasteiger partial charge is 0.416 e. The molecule has 0 spiro atoms. The average molecular weight is 378 g/mol. The second kappa shape index (κ2) is 6.06. The van der Waals surface area contributed by atoms with Crippen LogP contribution in [-0.2, 0) is 12.7 Å². The number of rotatable bonds is 3. The lowest BCUT2D eigenvalue weighted by Gasteiger charge is -2.06. The zero-order chi connectivity index (χ0) is 18.3. The van der Waals surface area contributed by atoms with Crippen LogP contribution in [0.5, 0.6) is 0 Å². The lowest BCUT2D eigenvalue weighted by Crippen LogP contribution is -2.20. The van der Waals surface area contributed by atoms with Gasteiger partial charge >= 0.3 is 6.18 Å². The molecule has 26 heavy (non-hydrogen) atoms. The van der Waals surface area contributed by atoms with E-state index in [2.05, 4.69) is 15.1 Å². The summed E-state index contributed by atoms with van der Waals surface area (Å²) in [6.45, 7) is -0.0222. The van der Waals surface area contributed by atoms with E-state index in [-0.39, 0.29) is 29.4 Å². The first kappa shape index (κ1) is 16.5. The molecule has 0 amide bonds. The first-order valence-electron chi connectivity index (χ1n) is 7.35. The molecule has 0 unspecified atom stereocenters. The Morgan fingerprint density at radius 1 is 1.23 bits per heavy atom. The number of aromatic nitrogens is 4. The Kier molecular flexibility index (Phi) is 3.83. The molecule has 10 heteroatoms. The summed E-state index contributed by atoms with van der Waals surface area (Å²) in [6.07, 6.45) is -3.09. The van der Waals surface area contributed by atoms with Crippen molar-refractivity contribution >= 4 is 21.6 Å². The standard InChI is InChI=1S/C16H9F3N4O2S/c17-16(18,19)10-3-1-2-9(6-10)14-21-12(25-22-14)7-23-8-20-11-4-5-26-13(11)15(23)24/h1-6,8H,7H2. The fourth-order valence-electron chi connectivity index (χ4n) is 2.41. The number of halogens is 3. The van der Waals surface area contributed by atoms with E-state index >= 15 is 0 Å². The molecule has 4 aromatic rings. The van der Waals surface area contributed by atoms with E-state index in [1.54, 1.807) is 11.4 Å². The molecule has 0 aliphatic rings. The van der Waals surface area contributed by atoms with Crippen molar-refractivity contribution < 1.29 is 17.7 Å². The van der Waals surface area contributed by atoms with Crippen LogP contribution in [0, 0.1) is 0 Å². The molecule has 3 heterocycles. The summed E-state index contributed by atoms with van der Waals surface area (Å²) in [5.74, 6) is 0.113. The van der Waals surface area contributed by atoms with E-state index < -0.39 is 11.7 Å². The second-order valence-electron chi connectivity index (χ2n) is 5.40. The van der Waals surface area contributed by atoms with Crippen LogP contribution in [0.2, 0.25) is 0 Å². The SMILES string of the molecule is O=c1c2sccc2ncn1Cc1nc(-c2cccc(C(F)(F)F)c2)no1. The number of alkyl halides is 3. The van der Waals surface area contributed by atoms with Crippen molar-refractivity contribution in [2.75, 3.05) is 0 Å². The van der Waals surface area contributed by atoms with Crippen LogP contribution in [0.25, 0.3) is 21.6 Å². The van der Waals surface area contributed by atoms with Crippen molar-refractivity contribution in [2.24, 2.45) is 0 Å². The van der Waals surface area contributed by atoms with Gasteiger partial charge in [0.05, 0.1) is 17.4 Å². The number of hydrogen-bond donors (Lipinski definition) is 0. The first-order chi connectivity index (χ1) is 12.4. The second-order valence-corrected chi connectivity index (χ2v) is 6.32. The minimum Gasteiger partial charge on any atom is -0.337 e. The number of fused-ring (bicyclic) bond motifs is 1. The molecule has 0 bridgehead atoms. The molecule has 0 aliphatic heterocycles. The molecule has 0 saturated heterocycles. The van der Waals surface area contributed by atoms with Gasteiger partial charge in [0.2, 0.25) is 11.7 Å². The first-order valence-corrected chi connectivity index (χ1v) is 8.22. The highest BCUT2D eigenvalue weighted by Gasteiger charge is 2.30. The van der Waals surface area contributed by atoms with Crippen LogP contribution in [0.1, 0.15) is 11.5 Å². The average Bonchev–Trinajstić information content (AvgIpc) is 3.26. The number of benzene rings is 1. The van der Waals surface area contributed by atoms with E-state index in [1.165, 1.54) is 34.4 Å². The molecule has 0 aliphatic carbocycles. The lowest BCUT2D eigenvalue weighted by atomic mass is 10.1. The number of nitrogens with zero attached hydrogens (tertiary/aromatic N) is 4. The zero-order valence-corrected chi connectivity index (χ0v) is 13.7. The predicted octanol–water partition coefficient (Wildman–Crippen LogP) is 3.58.